The van der Waals surface area contributed by atoms with Gasteiger partial charge in [0.1, 0.15) is 0 Å². The van der Waals surface area contributed by atoms with Crippen LogP contribution >= 0.6 is 0 Å². The van der Waals surface area contributed by atoms with Gasteiger partial charge in [-0.15, -0.1) is 0 Å². The molecule has 0 radical (unpaired) electrons. The van der Waals surface area contributed by atoms with Crippen LogP contribution in [0, 0.1) is 0 Å². The zero-order valence-corrected chi connectivity index (χ0v) is 11.2. The highest BCUT2D eigenvalue weighted by Gasteiger charge is 2.09. The lowest BCUT2D eigenvalue weighted by atomic mass is 10.0. The lowest BCUT2D eigenvalue weighted by molar-refractivity contribution is 0.610. The Morgan fingerprint density at radius 3 is 2.59 bits per heavy atom. The molecular formula is C15H22N2. The van der Waals surface area contributed by atoms with Gasteiger partial charge in [0.05, 0.1) is 0 Å². The Labute approximate surface area is 104 Å². The summed E-state index contributed by atoms with van der Waals surface area (Å²) in [5.41, 5.74) is 2.78. The van der Waals surface area contributed by atoms with E-state index in [1.807, 2.05) is 7.05 Å². The third-order valence-electron chi connectivity index (χ3n) is 3.43. The van der Waals surface area contributed by atoms with Gasteiger partial charge in [0.25, 0.3) is 0 Å². The van der Waals surface area contributed by atoms with Crippen molar-refractivity contribution in [2.75, 3.05) is 7.05 Å². The summed E-state index contributed by atoms with van der Waals surface area (Å²) < 4.78 is 2.34. The Kier molecular flexibility index (Phi) is 3.53. The number of benzene rings is 1. The minimum absolute atomic E-state index is 0.517. The van der Waals surface area contributed by atoms with E-state index in [4.69, 9.17) is 0 Å². The third-order valence-corrected chi connectivity index (χ3v) is 3.43. The highest BCUT2D eigenvalue weighted by atomic mass is 15.0. The van der Waals surface area contributed by atoms with Crippen LogP contribution in [0.15, 0.2) is 30.5 Å². The van der Waals surface area contributed by atoms with Crippen LogP contribution in [-0.2, 0) is 6.42 Å². The Hall–Kier alpha value is -1.28. The average Bonchev–Trinajstić information content (AvgIpc) is 2.73. The zero-order valence-electron chi connectivity index (χ0n) is 11.2. The highest BCUT2D eigenvalue weighted by molar-refractivity contribution is 5.83. The first-order chi connectivity index (χ1) is 8.13. The molecule has 1 heterocycles. The van der Waals surface area contributed by atoms with Crippen molar-refractivity contribution in [3.63, 3.8) is 0 Å². The molecule has 1 aromatic heterocycles. The summed E-state index contributed by atoms with van der Waals surface area (Å²) in [6, 6.07) is 9.89. The Balaban J connectivity index is 2.44. The topological polar surface area (TPSA) is 17.0 Å². The summed E-state index contributed by atoms with van der Waals surface area (Å²) in [6.07, 6.45) is 3.28. The zero-order chi connectivity index (χ0) is 12.4. The maximum absolute atomic E-state index is 3.30. The number of hydrogen-bond donors (Lipinski definition) is 1. The number of likely N-dealkylation sites (N-methyl/N-ethyl adjacent to an activating group) is 1. The minimum Gasteiger partial charge on any atom is -0.345 e. The Bertz CT molecular complexity index is 497. The van der Waals surface area contributed by atoms with Crippen LogP contribution in [0.25, 0.3) is 10.9 Å². The molecule has 0 aliphatic rings. The van der Waals surface area contributed by atoms with Crippen molar-refractivity contribution in [1.29, 1.82) is 0 Å². The van der Waals surface area contributed by atoms with Crippen LogP contribution in [0.5, 0.6) is 0 Å². The maximum Gasteiger partial charge on any atom is 0.0485 e. The minimum atomic E-state index is 0.517. The van der Waals surface area contributed by atoms with E-state index in [2.05, 4.69) is 61.1 Å². The van der Waals surface area contributed by atoms with Crippen LogP contribution < -0.4 is 5.32 Å². The van der Waals surface area contributed by atoms with Gasteiger partial charge in [-0.1, -0.05) is 12.1 Å². The van der Waals surface area contributed by atoms with Crippen LogP contribution in [0.2, 0.25) is 0 Å². The predicted molar refractivity (Wildman–Crippen MR) is 74.5 cm³/mol. The standard InChI is InChI=1S/C15H22N2/c1-11(2)17-9-8-14-13(10-12(3)16-4)6-5-7-15(14)17/h5-9,11-12,16H,10H2,1-4H3. The lowest BCUT2D eigenvalue weighted by Gasteiger charge is -2.13. The third kappa shape index (κ3) is 2.37. The molecule has 0 aliphatic heterocycles. The molecule has 2 aromatic rings. The first-order valence-corrected chi connectivity index (χ1v) is 6.39. The van der Waals surface area contributed by atoms with Gasteiger partial charge in [-0.25, -0.2) is 0 Å². The summed E-state index contributed by atoms with van der Waals surface area (Å²) in [6.45, 7) is 6.67. The fourth-order valence-corrected chi connectivity index (χ4v) is 2.31. The van der Waals surface area contributed by atoms with E-state index in [1.165, 1.54) is 16.5 Å². The first kappa shape index (κ1) is 12.2. The van der Waals surface area contributed by atoms with Gasteiger partial charge >= 0.3 is 0 Å². The van der Waals surface area contributed by atoms with E-state index in [0.29, 0.717) is 12.1 Å². The Morgan fingerprint density at radius 1 is 1.18 bits per heavy atom. The monoisotopic (exact) mass is 230 g/mol. The summed E-state index contributed by atoms with van der Waals surface area (Å²) in [7, 11) is 2.02. The second-order valence-corrected chi connectivity index (χ2v) is 5.06. The number of aromatic nitrogens is 1. The quantitative estimate of drug-likeness (QED) is 0.852. The summed E-state index contributed by atoms with van der Waals surface area (Å²) in [4.78, 5) is 0. The molecule has 0 fully saturated rings. The van der Waals surface area contributed by atoms with Crippen molar-refractivity contribution in [3.8, 4) is 0 Å². The number of nitrogens with one attached hydrogen (secondary N) is 1. The summed E-state index contributed by atoms with van der Waals surface area (Å²) in [5.74, 6) is 0. The lowest BCUT2D eigenvalue weighted by Crippen LogP contribution is -2.23. The molecular weight excluding hydrogens is 208 g/mol. The van der Waals surface area contributed by atoms with Gasteiger partial charge in [-0.3, -0.25) is 0 Å². The predicted octanol–water partition coefficient (Wildman–Crippen LogP) is 3.37. The molecule has 2 rings (SSSR count). The number of nitrogens with zero attached hydrogens (tertiary/aromatic N) is 1. The maximum atomic E-state index is 3.30. The molecule has 0 saturated heterocycles. The van der Waals surface area contributed by atoms with Gasteiger partial charge in [-0.2, -0.15) is 0 Å². The van der Waals surface area contributed by atoms with Crippen molar-refractivity contribution < 1.29 is 0 Å². The fraction of sp³-hybridized carbons (Fsp3) is 0.467. The molecule has 1 aromatic carbocycles. The second kappa shape index (κ2) is 4.92. The normalized spacial score (nSPS) is 13.5. The van der Waals surface area contributed by atoms with Gasteiger partial charge in [0, 0.05) is 29.2 Å². The number of rotatable bonds is 4. The van der Waals surface area contributed by atoms with Crippen molar-refractivity contribution in [2.24, 2.45) is 0 Å². The van der Waals surface area contributed by atoms with Crippen LogP contribution in [0.4, 0.5) is 0 Å². The summed E-state index contributed by atoms with van der Waals surface area (Å²) >= 11 is 0. The van der Waals surface area contributed by atoms with Crippen molar-refractivity contribution in [1.82, 2.24) is 9.88 Å². The molecule has 2 heteroatoms. The van der Waals surface area contributed by atoms with Gasteiger partial charge in [0.2, 0.25) is 0 Å². The van der Waals surface area contributed by atoms with Crippen LogP contribution in [-0.4, -0.2) is 17.7 Å². The van der Waals surface area contributed by atoms with E-state index >= 15 is 0 Å². The second-order valence-electron chi connectivity index (χ2n) is 5.06. The highest BCUT2D eigenvalue weighted by Crippen LogP contribution is 2.24. The molecule has 0 aliphatic carbocycles. The molecule has 0 spiro atoms. The summed E-state index contributed by atoms with van der Waals surface area (Å²) in [5, 5.41) is 4.69. The molecule has 1 N–H and O–H groups in total. The SMILES string of the molecule is CNC(C)Cc1cccc2c1ccn2C(C)C. The molecule has 2 nitrogen and oxygen atoms in total. The molecule has 1 atom stereocenters. The van der Waals surface area contributed by atoms with Crippen LogP contribution in [0.3, 0.4) is 0 Å². The van der Waals surface area contributed by atoms with E-state index in [0.717, 1.165) is 6.42 Å². The van der Waals surface area contributed by atoms with E-state index in [1.54, 1.807) is 0 Å². The average molecular weight is 230 g/mol. The smallest absolute Gasteiger partial charge is 0.0485 e. The number of hydrogen-bond acceptors (Lipinski definition) is 1. The first-order valence-electron chi connectivity index (χ1n) is 6.39. The van der Waals surface area contributed by atoms with Crippen molar-refractivity contribution >= 4 is 10.9 Å². The number of fused-ring (bicyclic) bond motifs is 1. The molecule has 0 bridgehead atoms. The molecule has 1 unspecified atom stereocenters. The molecule has 0 amide bonds. The van der Waals surface area contributed by atoms with E-state index < -0.39 is 0 Å². The van der Waals surface area contributed by atoms with Crippen LogP contribution in [0.1, 0.15) is 32.4 Å². The van der Waals surface area contributed by atoms with Crippen molar-refractivity contribution in [2.45, 2.75) is 39.3 Å². The Morgan fingerprint density at radius 2 is 1.94 bits per heavy atom. The van der Waals surface area contributed by atoms with Gasteiger partial charge in [-0.05, 0) is 51.9 Å². The molecule has 92 valence electrons. The molecule has 0 saturated carbocycles. The van der Waals surface area contributed by atoms with Gasteiger partial charge in [0.15, 0.2) is 0 Å². The van der Waals surface area contributed by atoms with E-state index in [-0.39, 0.29) is 0 Å². The van der Waals surface area contributed by atoms with Crippen molar-refractivity contribution in [3.05, 3.63) is 36.0 Å². The fourth-order valence-electron chi connectivity index (χ4n) is 2.31. The van der Waals surface area contributed by atoms with E-state index in [9.17, 15) is 0 Å². The van der Waals surface area contributed by atoms with Gasteiger partial charge < -0.3 is 9.88 Å². The largest absolute Gasteiger partial charge is 0.345 e. The molecule has 17 heavy (non-hydrogen) atoms.